The Bertz CT molecular complexity index is 1340. The molecule has 0 heterocycles. The predicted octanol–water partition coefficient (Wildman–Crippen LogP) is 5.17. The maximum absolute atomic E-state index is 13.8. The predicted molar refractivity (Wildman–Crippen MR) is 152 cm³/mol. The van der Waals surface area contributed by atoms with Gasteiger partial charge in [-0.2, -0.15) is 0 Å². The average molecular weight is 577 g/mol. The zero-order valence-corrected chi connectivity index (χ0v) is 23.6. The molecule has 3 rings (SSSR count). The van der Waals surface area contributed by atoms with Gasteiger partial charge in [0, 0.05) is 13.1 Å². The van der Waals surface area contributed by atoms with Gasteiger partial charge in [-0.3, -0.25) is 13.9 Å². The third-order valence-corrected chi connectivity index (χ3v) is 8.53. The number of benzene rings is 3. The number of carbonyl (C=O) groups is 2. The zero-order valence-electron chi connectivity index (χ0n) is 21.3. The molecule has 7 nitrogen and oxygen atoms in total. The van der Waals surface area contributed by atoms with Gasteiger partial charge in [-0.05, 0) is 55.7 Å². The first kappa shape index (κ1) is 29.5. The van der Waals surface area contributed by atoms with Gasteiger partial charge in [0.25, 0.3) is 10.0 Å². The van der Waals surface area contributed by atoms with Gasteiger partial charge in [0.2, 0.25) is 11.8 Å². The van der Waals surface area contributed by atoms with Crippen LogP contribution in [0.4, 0.5) is 5.69 Å². The van der Waals surface area contributed by atoms with E-state index in [-0.39, 0.29) is 33.1 Å². The molecule has 0 aliphatic carbocycles. The highest BCUT2D eigenvalue weighted by atomic mass is 35.5. The summed E-state index contributed by atoms with van der Waals surface area (Å²) in [7, 11) is -4.16. The number of nitrogens with zero attached hydrogens (tertiary/aromatic N) is 2. The summed E-state index contributed by atoms with van der Waals surface area (Å²) in [6.07, 6.45) is 1.24. The zero-order chi connectivity index (χ0) is 27.7. The molecule has 0 bridgehead atoms. The molecule has 3 aromatic rings. The fourth-order valence-electron chi connectivity index (χ4n) is 3.85. The molecule has 0 fully saturated rings. The SMILES string of the molecule is CCCNC(=O)[C@@H](C)N(CCc1ccccc1)C(=O)CN(c1ccc(Cl)c(Cl)c1)S(=O)(=O)c1ccccc1. The van der Waals surface area contributed by atoms with Gasteiger partial charge in [0.1, 0.15) is 12.6 Å². The first-order valence-corrected chi connectivity index (χ1v) is 14.5. The number of hydrogen-bond donors (Lipinski definition) is 1. The number of amides is 2. The van der Waals surface area contributed by atoms with E-state index in [2.05, 4.69) is 5.32 Å². The first-order chi connectivity index (χ1) is 18.1. The van der Waals surface area contributed by atoms with E-state index in [1.807, 2.05) is 37.3 Å². The molecule has 0 aliphatic rings. The van der Waals surface area contributed by atoms with E-state index in [0.717, 1.165) is 16.3 Å². The Balaban J connectivity index is 1.97. The summed E-state index contributed by atoms with van der Waals surface area (Å²) in [5.41, 5.74) is 1.17. The van der Waals surface area contributed by atoms with Crippen LogP contribution in [0.1, 0.15) is 25.8 Å². The summed E-state index contributed by atoms with van der Waals surface area (Å²) >= 11 is 12.3. The van der Waals surface area contributed by atoms with Crippen molar-refractivity contribution in [2.45, 2.75) is 37.6 Å². The molecule has 0 aliphatic heterocycles. The van der Waals surface area contributed by atoms with Gasteiger partial charge in [-0.25, -0.2) is 8.42 Å². The van der Waals surface area contributed by atoms with Crippen LogP contribution in [0.3, 0.4) is 0 Å². The topological polar surface area (TPSA) is 86.8 Å². The minimum atomic E-state index is -4.16. The Labute approximate surface area is 234 Å². The number of nitrogens with one attached hydrogen (secondary N) is 1. The van der Waals surface area contributed by atoms with Crippen LogP contribution in [0.15, 0.2) is 83.8 Å². The van der Waals surface area contributed by atoms with Crippen molar-refractivity contribution in [1.29, 1.82) is 0 Å². The standard InChI is InChI=1S/C28H31Cl2N3O4S/c1-3-17-31-28(35)21(2)32(18-16-22-10-6-4-7-11-22)27(34)20-33(23-14-15-25(29)26(30)19-23)38(36,37)24-12-8-5-9-13-24/h4-15,19,21H,3,16-18,20H2,1-2H3,(H,31,35)/t21-/m1/s1. The van der Waals surface area contributed by atoms with Crippen molar-refractivity contribution in [3.05, 3.63) is 94.5 Å². The van der Waals surface area contributed by atoms with Gasteiger partial charge < -0.3 is 10.2 Å². The van der Waals surface area contributed by atoms with Crippen LogP contribution in [0, 0.1) is 0 Å². The van der Waals surface area contributed by atoms with Gasteiger partial charge in [-0.1, -0.05) is 78.7 Å². The van der Waals surface area contributed by atoms with Crippen molar-refractivity contribution in [2.75, 3.05) is 23.9 Å². The van der Waals surface area contributed by atoms with Gasteiger partial charge in [0.15, 0.2) is 0 Å². The highest BCUT2D eigenvalue weighted by molar-refractivity contribution is 7.92. The molecule has 0 radical (unpaired) electrons. The number of hydrogen-bond acceptors (Lipinski definition) is 4. The molecule has 38 heavy (non-hydrogen) atoms. The lowest BCUT2D eigenvalue weighted by Crippen LogP contribution is -2.52. The van der Waals surface area contributed by atoms with Crippen LogP contribution in [0.2, 0.25) is 10.0 Å². The van der Waals surface area contributed by atoms with Gasteiger partial charge in [0.05, 0.1) is 20.6 Å². The Morgan fingerprint density at radius 1 is 0.921 bits per heavy atom. The Morgan fingerprint density at radius 2 is 1.55 bits per heavy atom. The molecule has 0 aromatic heterocycles. The van der Waals surface area contributed by atoms with Crippen LogP contribution in [-0.2, 0) is 26.0 Å². The quantitative estimate of drug-likeness (QED) is 0.322. The van der Waals surface area contributed by atoms with E-state index < -0.39 is 28.5 Å². The summed E-state index contributed by atoms with van der Waals surface area (Å²) in [6, 6.07) is 21.0. The first-order valence-electron chi connectivity index (χ1n) is 12.3. The van der Waals surface area contributed by atoms with Crippen molar-refractivity contribution in [3.8, 4) is 0 Å². The van der Waals surface area contributed by atoms with E-state index >= 15 is 0 Å². The summed E-state index contributed by atoms with van der Waals surface area (Å²) < 4.78 is 28.4. The van der Waals surface area contributed by atoms with E-state index in [0.29, 0.717) is 13.0 Å². The van der Waals surface area contributed by atoms with E-state index in [1.165, 1.54) is 35.2 Å². The molecule has 0 saturated heterocycles. The smallest absolute Gasteiger partial charge is 0.264 e. The van der Waals surface area contributed by atoms with Crippen LogP contribution < -0.4 is 9.62 Å². The normalized spacial score (nSPS) is 12.0. The largest absolute Gasteiger partial charge is 0.354 e. The fourth-order valence-corrected chi connectivity index (χ4v) is 5.57. The summed E-state index contributed by atoms with van der Waals surface area (Å²) in [5.74, 6) is -0.828. The molecule has 1 atom stereocenters. The minimum absolute atomic E-state index is 0.0171. The Morgan fingerprint density at radius 3 is 2.16 bits per heavy atom. The molecule has 3 aromatic carbocycles. The summed E-state index contributed by atoms with van der Waals surface area (Å²) in [4.78, 5) is 28.1. The van der Waals surface area contributed by atoms with Crippen molar-refractivity contribution in [2.24, 2.45) is 0 Å². The number of anilines is 1. The second-order valence-electron chi connectivity index (χ2n) is 8.71. The molecule has 0 saturated carbocycles. The van der Waals surface area contributed by atoms with Crippen molar-refractivity contribution in [1.82, 2.24) is 10.2 Å². The molecule has 10 heteroatoms. The second kappa shape index (κ2) is 13.6. The third-order valence-electron chi connectivity index (χ3n) is 6.00. The molecule has 0 unspecified atom stereocenters. The van der Waals surface area contributed by atoms with Crippen molar-refractivity contribution < 1.29 is 18.0 Å². The van der Waals surface area contributed by atoms with Crippen LogP contribution in [0.5, 0.6) is 0 Å². The third kappa shape index (κ3) is 7.49. The molecular formula is C28H31Cl2N3O4S. The maximum Gasteiger partial charge on any atom is 0.264 e. The van der Waals surface area contributed by atoms with E-state index in [1.54, 1.807) is 25.1 Å². The number of sulfonamides is 1. The highest BCUT2D eigenvalue weighted by Crippen LogP contribution is 2.30. The molecule has 1 N–H and O–H groups in total. The monoisotopic (exact) mass is 575 g/mol. The van der Waals surface area contributed by atoms with Crippen LogP contribution in [-0.4, -0.2) is 50.8 Å². The van der Waals surface area contributed by atoms with E-state index in [4.69, 9.17) is 23.2 Å². The highest BCUT2D eigenvalue weighted by Gasteiger charge is 2.32. The molecular weight excluding hydrogens is 545 g/mol. The lowest BCUT2D eigenvalue weighted by molar-refractivity contribution is -0.138. The molecule has 2 amide bonds. The van der Waals surface area contributed by atoms with Crippen molar-refractivity contribution >= 4 is 50.7 Å². The lowest BCUT2D eigenvalue weighted by Gasteiger charge is -2.32. The molecule has 202 valence electrons. The number of carbonyl (C=O) groups excluding carboxylic acids is 2. The Kier molecular flexibility index (Phi) is 10.6. The Hall–Kier alpha value is -3.07. The summed E-state index contributed by atoms with van der Waals surface area (Å²) in [5, 5.41) is 3.23. The number of rotatable bonds is 12. The van der Waals surface area contributed by atoms with E-state index in [9.17, 15) is 18.0 Å². The second-order valence-corrected chi connectivity index (χ2v) is 11.4. The lowest BCUT2D eigenvalue weighted by atomic mass is 10.1. The van der Waals surface area contributed by atoms with Crippen LogP contribution >= 0.6 is 23.2 Å². The summed E-state index contributed by atoms with van der Waals surface area (Å²) in [6.45, 7) is 3.75. The minimum Gasteiger partial charge on any atom is -0.354 e. The average Bonchev–Trinajstić information content (AvgIpc) is 2.92. The maximum atomic E-state index is 13.8. The van der Waals surface area contributed by atoms with Gasteiger partial charge >= 0.3 is 0 Å². The molecule has 0 spiro atoms. The fraction of sp³-hybridized carbons (Fsp3) is 0.286. The van der Waals surface area contributed by atoms with Gasteiger partial charge in [-0.15, -0.1) is 0 Å². The number of halogens is 2. The van der Waals surface area contributed by atoms with Crippen molar-refractivity contribution in [3.63, 3.8) is 0 Å². The van der Waals surface area contributed by atoms with Crippen LogP contribution in [0.25, 0.3) is 0 Å².